The summed E-state index contributed by atoms with van der Waals surface area (Å²) in [7, 11) is 1.80. The lowest BCUT2D eigenvalue weighted by molar-refractivity contribution is 0.0751. The third-order valence-corrected chi connectivity index (χ3v) is 4.42. The Hall–Kier alpha value is -1.07. The lowest BCUT2D eigenvalue weighted by Crippen LogP contribution is -2.41. The highest BCUT2D eigenvalue weighted by Gasteiger charge is 2.26. The number of nitrogens with zero attached hydrogens (tertiary/aromatic N) is 2. The second kappa shape index (κ2) is 6.59. The second-order valence-electron chi connectivity index (χ2n) is 5.27. The molecule has 1 aliphatic heterocycles. The van der Waals surface area contributed by atoms with Crippen LogP contribution in [0, 0.1) is 0 Å². The number of carbonyl (C=O) groups is 1. The zero-order chi connectivity index (χ0) is 14.7. The van der Waals surface area contributed by atoms with E-state index in [-0.39, 0.29) is 11.7 Å². The molecule has 1 saturated heterocycles. The monoisotopic (exact) mass is 340 g/mol. The van der Waals surface area contributed by atoms with Crippen molar-refractivity contribution in [2.45, 2.75) is 25.8 Å². The molecule has 1 aliphatic rings. The molecule has 0 aliphatic carbocycles. The van der Waals surface area contributed by atoms with Crippen LogP contribution in [-0.2, 0) is 0 Å². The van der Waals surface area contributed by atoms with Crippen LogP contribution in [0.25, 0.3) is 0 Å². The van der Waals surface area contributed by atoms with Gasteiger partial charge in [-0.1, -0.05) is 22.9 Å². The lowest BCUT2D eigenvalue weighted by Gasteiger charge is -2.28. The maximum Gasteiger partial charge on any atom is 0.257 e. The number of likely N-dealkylation sites (N-methyl/N-ethyl adjacent to an activating group) is 2. The fourth-order valence-corrected chi connectivity index (χ4v) is 3.16. The Balaban J connectivity index is 2.05. The summed E-state index contributed by atoms with van der Waals surface area (Å²) in [4.78, 5) is 16.5. The van der Waals surface area contributed by atoms with Crippen molar-refractivity contribution in [2.75, 3.05) is 26.7 Å². The fourth-order valence-electron chi connectivity index (χ4n) is 2.81. The first-order valence-corrected chi connectivity index (χ1v) is 7.80. The molecular weight excluding hydrogens is 320 g/mol. The lowest BCUT2D eigenvalue weighted by atomic mass is 10.1. The molecule has 2 rings (SSSR count). The Morgan fingerprint density at radius 1 is 1.55 bits per heavy atom. The number of phenols is 1. The fraction of sp³-hybridized carbons (Fsp3) is 0.533. The highest BCUT2D eigenvalue weighted by Crippen LogP contribution is 2.24. The van der Waals surface area contributed by atoms with Gasteiger partial charge in [0.05, 0.1) is 5.56 Å². The third kappa shape index (κ3) is 3.33. The molecule has 1 amide bonds. The normalized spacial score (nSPS) is 19.2. The van der Waals surface area contributed by atoms with E-state index in [2.05, 4.69) is 27.8 Å². The van der Waals surface area contributed by atoms with E-state index < -0.39 is 0 Å². The topological polar surface area (TPSA) is 43.8 Å². The van der Waals surface area contributed by atoms with Crippen molar-refractivity contribution in [2.24, 2.45) is 0 Å². The molecule has 1 aromatic carbocycles. The number of likely N-dealkylation sites (tertiary alicyclic amines) is 1. The largest absolute Gasteiger partial charge is 0.507 e. The molecule has 0 aromatic heterocycles. The Morgan fingerprint density at radius 2 is 2.30 bits per heavy atom. The summed E-state index contributed by atoms with van der Waals surface area (Å²) in [6.07, 6.45) is 2.34. The Labute approximate surface area is 128 Å². The minimum absolute atomic E-state index is 0.0231. The third-order valence-electron chi connectivity index (χ3n) is 3.93. The number of hydrogen-bond donors (Lipinski definition) is 1. The van der Waals surface area contributed by atoms with Crippen molar-refractivity contribution >= 4 is 21.8 Å². The average Bonchev–Trinajstić information content (AvgIpc) is 2.85. The van der Waals surface area contributed by atoms with Gasteiger partial charge in [0.15, 0.2) is 0 Å². The molecule has 4 nitrogen and oxygen atoms in total. The summed E-state index contributed by atoms with van der Waals surface area (Å²) in [6, 6.07) is 5.42. The number of phenolic OH excluding ortho intramolecular Hbond substituents is 1. The van der Waals surface area contributed by atoms with E-state index in [0.29, 0.717) is 18.2 Å². The van der Waals surface area contributed by atoms with E-state index in [4.69, 9.17) is 0 Å². The Morgan fingerprint density at radius 3 is 2.95 bits per heavy atom. The van der Waals surface area contributed by atoms with Gasteiger partial charge in [0.1, 0.15) is 5.75 Å². The molecule has 20 heavy (non-hydrogen) atoms. The van der Waals surface area contributed by atoms with Gasteiger partial charge >= 0.3 is 0 Å². The molecule has 0 spiro atoms. The zero-order valence-corrected chi connectivity index (χ0v) is 13.6. The summed E-state index contributed by atoms with van der Waals surface area (Å²) in [5.74, 6) is -0.104. The molecule has 110 valence electrons. The van der Waals surface area contributed by atoms with E-state index in [1.54, 1.807) is 30.1 Å². The van der Waals surface area contributed by atoms with Gasteiger partial charge in [-0.25, -0.2) is 0 Å². The molecule has 5 heteroatoms. The van der Waals surface area contributed by atoms with Gasteiger partial charge in [-0.3, -0.25) is 9.69 Å². The minimum Gasteiger partial charge on any atom is -0.507 e. The summed E-state index contributed by atoms with van der Waals surface area (Å²) in [5.41, 5.74) is 0.358. The van der Waals surface area contributed by atoms with Crippen molar-refractivity contribution < 1.29 is 9.90 Å². The van der Waals surface area contributed by atoms with Crippen LogP contribution in [0.4, 0.5) is 0 Å². The van der Waals surface area contributed by atoms with Crippen LogP contribution in [-0.4, -0.2) is 53.5 Å². The molecule has 1 aromatic rings. The number of rotatable bonds is 4. The van der Waals surface area contributed by atoms with Crippen LogP contribution in [0.5, 0.6) is 5.75 Å². The van der Waals surface area contributed by atoms with Crippen molar-refractivity contribution in [1.29, 1.82) is 0 Å². The van der Waals surface area contributed by atoms with Gasteiger partial charge in [0.25, 0.3) is 5.91 Å². The van der Waals surface area contributed by atoms with Crippen LogP contribution in [0.3, 0.4) is 0 Å². The standard InChI is InChI=1S/C15H21BrN2O2/c1-3-18-8-4-5-12(18)10-17(2)15(20)13-7-6-11(16)9-14(13)19/h6-7,9,12,19H,3-5,8,10H2,1-2H3. The minimum atomic E-state index is -0.127. The van der Waals surface area contributed by atoms with Crippen LogP contribution in [0.1, 0.15) is 30.1 Å². The Bertz CT molecular complexity index is 493. The number of amides is 1. The quantitative estimate of drug-likeness (QED) is 0.916. The van der Waals surface area contributed by atoms with Crippen LogP contribution in [0.2, 0.25) is 0 Å². The second-order valence-corrected chi connectivity index (χ2v) is 6.19. The highest BCUT2D eigenvalue weighted by atomic mass is 79.9. The van der Waals surface area contributed by atoms with E-state index in [1.807, 2.05) is 0 Å². The summed E-state index contributed by atoms with van der Waals surface area (Å²) < 4.78 is 0.766. The molecule has 1 N–H and O–H groups in total. The molecule has 1 heterocycles. The Kier molecular flexibility index (Phi) is 5.05. The van der Waals surface area contributed by atoms with Crippen molar-refractivity contribution in [1.82, 2.24) is 9.80 Å². The predicted molar refractivity (Wildman–Crippen MR) is 83.0 cm³/mol. The number of benzene rings is 1. The maximum atomic E-state index is 12.4. The first-order valence-electron chi connectivity index (χ1n) is 7.01. The van der Waals surface area contributed by atoms with Crippen molar-refractivity contribution in [3.63, 3.8) is 0 Å². The molecule has 0 radical (unpaired) electrons. The number of halogens is 1. The number of aromatic hydroxyl groups is 1. The van der Waals surface area contributed by atoms with Crippen LogP contribution < -0.4 is 0 Å². The van der Waals surface area contributed by atoms with Gasteiger partial charge in [0, 0.05) is 24.1 Å². The maximum absolute atomic E-state index is 12.4. The smallest absolute Gasteiger partial charge is 0.257 e. The SMILES string of the molecule is CCN1CCCC1CN(C)C(=O)c1ccc(Br)cc1O. The van der Waals surface area contributed by atoms with Gasteiger partial charge in [0.2, 0.25) is 0 Å². The van der Waals surface area contributed by atoms with Crippen molar-refractivity contribution in [3.8, 4) is 5.75 Å². The average molecular weight is 341 g/mol. The van der Waals surface area contributed by atoms with E-state index in [1.165, 1.54) is 6.42 Å². The van der Waals surface area contributed by atoms with Gasteiger partial charge < -0.3 is 10.0 Å². The number of carbonyl (C=O) groups excluding carboxylic acids is 1. The van der Waals surface area contributed by atoms with Gasteiger partial charge in [-0.15, -0.1) is 0 Å². The molecular formula is C15H21BrN2O2. The van der Waals surface area contributed by atoms with Crippen LogP contribution in [0.15, 0.2) is 22.7 Å². The zero-order valence-electron chi connectivity index (χ0n) is 12.0. The van der Waals surface area contributed by atoms with E-state index in [0.717, 1.165) is 24.0 Å². The molecule has 1 atom stereocenters. The predicted octanol–water partition coefficient (Wildman–Crippen LogP) is 2.71. The summed E-state index contributed by atoms with van der Waals surface area (Å²) in [5, 5.41) is 9.88. The molecule has 1 unspecified atom stereocenters. The number of hydrogen-bond acceptors (Lipinski definition) is 3. The first-order chi connectivity index (χ1) is 9.52. The van der Waals surface area contributed by atoms with Gasteiger partial charge in [-0.05, 0) is 44.1 Å². The summed E-state index contributed by atoms with van der Waals surface area (Å²) in [6.45, 7) is 5.01. The van der Waals surface area contributed by atoms with E-state index >= 15 is 0 Å². The molecule has 1 fully saturated rings. The highest BCUT2D eigenvalue weighted by molar-refractivity contribution is 9.10. The molecule has 0 bridgehead atoms. The first kappa shape index (κ1) is 15.3. The summed E-state index contributed by atoms with van der Waals surface area (Å²) >= 11 is 3.28. The van der Waals surface area contributed by atoms with Crippen LogP contribution >= 0.6 is 15.9 Å². The van der Waals surface area contributed by atoms with Crippen molar-refractivity contribution in [3.05, 3.63) is 28.2 Å². The van der Waals surface area contributed by atoms with Gasteiger partial charge in [-0.2, -0.15) is 0 Å². The molecule has 0 saturated carbocycles. The van der Waals surface area contributed by atoms with E-state index in [9.17, 15) is 9.90 Å².